The van der Waals surface area contributed by atoms with Crippen LogP contribution in [0.2, 0.25) is 0 Å². The number of halogens is 1. The minimum Gasteiger partial charge on any atom is -0.382 e. The molecule has 112 valence electrons. The molecule has 0 fully saturated rings. The molecule has 8 heteroatoms. The van der Waals surface area contributed by atoms with Gasteiger partial charge in [-0.3, -0.25) is 4.79 Å². The molecule has 0 atom stereocenters. The second-order valence-electron chi connectivity index (χ2n) is 4.22. The van der Waals surface area contributed by atoms with Crippen molar-refractivity contribution in [3.63, 3.8) is 0 Å². The maximum atomic E-state index is 11.8. The van der Waals surface area contributed by atoms with E-state index in [1.807, 2.05) is 30.3 Å². The average molecular weight is 378 g/mol. The van der Waals surface area contributed by atoms with E-state index in [0.717, 1.165) is 10.2 Å². The van der Waals surface area contributed by atoms with Crippen LogP contribution in [-0.2, 0) is 4.79 Å². The fourth-order valence-corrected chi connectivity index (χ4v) is 2.55. The first-order chi connectivity index (χ1) is 10.6. The first-order valence-electron chi connectivity index (χ1n) is 6.29. The number of nitrogens with one attached hydrogen (secondary N) is 1. The second kappa shape index (κ2) is 7.77. The molecular weight excluding hydrogens is 366 g/mol. The average Bonchev–Trinajstić information content (AvgIpc) is 2.50. The number of aromatic nitrogens is 2. The summed E-state index contributed by atoms with van der Waals surface area (Å²) in [4.78, 5) is 19.8. The van der Waals surface area contributed by atoms with Crippen molar-refractivity contribution in [1.82, 2.24) is 9.97 Å². The number of anilines is 2. The molecule has 1 heterocycles. The van der Waals surface area contributed by atoms with Crippen LogP contribution in [0.5, 0.6) is 0 Å². The number of nitrogens with two attached hydrogens (primary N) is 1. The van der Waals surface area contributed by atoms with Crippen LogP contribution in [-0.4, -0.2) is 21.6 Å². The maximum absolute atomic E-state index is 11.8. The van der Waals surface area contributed by atoms with Crippen molar-refractivity contribution in [2.45, 2.75) is 11.6 Å². The van der Waals surface area contributed by atoms with Crippen LogP contribution in [0.25, 0.3) is 0 Å². The maximum Gasteiger partial charge on any atom is 0.225 e. The lowest BCUT2D eigenvalue weighted by atomic mass is 10.3. The summed E-state index contributed by atoms with van der Waals surface area (Å²) in [5, 5.41) is 12.0. The van der Waals surface area contributed by atoms with Gasteiger partial charge >= 0.3 is 0 Å². The number of nitrogens with zero attached hydrogens (tertiary/aromatic N) is 3. The predicted octanol–water partition coefficient (Wildman–Crippen LogP) is 2.81. The van der Waals surface area contributed by atoms with Crippen molar-refractivity contribution in [3.8, 4) is 6.07 Å². The first-order valence-corrected chi connectivity index (χ1v) is 8.07. The number of carbonyl (C=O) groups is 1. The minimum absolute atomic E-state index is 0.0866. The van der Waals surface area contributed by atoms with Crippen LogP contribution in [0.15, 0.2) is 40.1 Å². The second-order valence-corrected chi connectivity index (χ2v) is 6.19. The summed E-state index contributed by atoms with van der Waals surface area (Å²) in [6, 6.07) is 9.26. The van der Waals surface area contributed by atoms with Gasteiger partial charge in [-0.25, -0.2) is 9.97 Å². The molecule has 0 bridgehead atoms. The van der Waals surface area contributed by atoms with E-state index < -0.39 is 0 Å². The molecule has 2 rings (SSSR count). The fraction of sp³-hybridized carbons (Fsp3) is 0.143. The lowest BCUT2D eigenvalue weighted by Crippen LogP contribution is -2.12. The molecule has 0 unspecified atom stereocenters. The standard InChI is InChI=1S/C14H12BrN5OS/c15-10-1-3-11(4-2-10)19-12(21)5-6-22-14-18-8-9(7-16)13(17)20-14/h1-4,8H,5-6H2,(H,19,21)(H2,17,18,20). The Morgan fingerprint density at radius 3 is 2.77 bits per heavy atom. The third-order valence-corrected chi connectivity index (χ3v) is 4.00. The molecule has 1 amide bonds. The molecule has 0 aliphatic rings. The van der Waals surface area contributed by atoms with Crippen molar-refractivity contribution in [2.75, 3.05) is 16.8 Å². The van der Waals surface area contributed by atoms with Crippen LogP contribution in [0.3, 0.4) is 0 Å². The van der Waals surface area contributed by atoms with Gasteiger partial charge in [-0.1, -0.05) is 27.7 Å². The summed E-state index contributed by atoms with van der Waals surface area (Å²) in [6.07, 6.45) is 1.70. The Morgan fingerprint density at radius 1 is 1.41 bits per heavy atom. The molecule has 22 heavy (non-hydrogen) atoms. The highest BCUT2D eigenvalue weighted by Crippen LogP contribution is 2.18. The lowest BCUT2D eigenvalue weighted by molar-refractivity contribution is -0.115. The van der Waals surface area contributed by atoms with Crippen LogP contribution >= 0.6 is 27.7 Å². The van der Waals surface area contributed by atoms with Crippen LogP contribution in [0, 0.1) is 11.3 Å². The predicted molar refractivity (Wildman–Crippen MR) is 89.3 cm³/mol. The van der Waals surface area contributed by atoms with E-state index in [4.69, 9.17) is 11.0 Å². The van der Waals surface area contributed by atoms with Crippen molar-refractivity contribution >= 4 is 45.1 Å². The van der Waals surface area contributed by atoms with Gasteiger partial charge in [0.25, 0.3) is 0 Å². The van der Waals surface area contributed by atoms with Crippen molar-refractivity contribution < 1.29 is 4.79 Å². The van der Waals surface area contributed by atoms with E-state index in [0.29, 0.717) is 17.3 Å². The number of hydrogen-bond donors (Lipinski definition) is 2. The third-order valence-electron chi connectivity index (χ3n) is 2.60. The van der Waals surface area contributed by atoms with Crippen molar-refractivity contribution in [2.24, 2.45) is 0 Å². The van der Waals surface area contributed by atoms with E-state index in [2.05, 4.69) is 31.2 Å². The molecule has 0 saturated carbocycles. The van der Waals surface area contributed by atoms with Gasteiger partial charge in [-0.15, -0.1) is 0 Å². The number of thioether (sulfide) groups is 1. The molecule has 6 nitrogen and oxygen atoms in total. The van der Waals surface area contributed by atoms with Crippen LogP contribution < -0.4 is 11.1 Å². The van der Waals surface area contributed by atoms with Crippen molar-refractivity contribution in [3.05, 3.63) is 40.5 Å². The Hall–Kier alpha value is -2.11. The van der Waals surface area contributed by atoms with Crippen LogP contribution in [0.1, 0.15) is 12.0 Å². The number of nitrogen functional groups attached to an aromatic ring is 1. The zero-order valence-corrected chi connectivity index (χ0v) is 13.8. The number of nitriles is 1. The summed E-state index contributed by atoms with van der Waals surface area (Å²) in [6.45, 7) is 0. The van der Waals surface area contributed by atoms with Gasteiger partial charge in [0.15, 0.2) is 5.16 Å². The summed E-state index contributed by atoms with van der Waals surface area (Å²) in [5.41, 5.74) is 6.60. The van der Waals surface area contributed by atoms with Gasteiger partial charge in [0, 0.05) is 22.3 Å². The summed E-state index contributed by atoms with van der Waals surface area (Å²) >= 11 is 4.65. The highest BCUT2D eigenvalue weighted by molar-refractivity contribution is 9.10. The largest absolute Gasteiger partial charge is 0.382 e. The highest BCUT2D eigenvalue weighted by atomic mass is 79.9. The Labute approximate surface area is 140 Å². The third kappa shape index (κ3) is 4.72. The molecule has 2 aromatic rings. The molecule has 0 saturated heterocycles. The van der Waals surface area contributed by atoms with Gasteiger partial charge in [-0.05, 0) is 24.3 Å². The normalized spacial score (nSPS) is 10.0. The molecule has 0 radical (unpaired) electrons. The smallest absolute Gasteiger partial charge is 0.225 e. The SMILES string of the molecule is N#Cc1cnc(SCCC(=O)Nc2ccc(Br)cc2)nc1N. The Balaban J connectivity index is 1.81. The zero-order valence-electron chi connectivity index (χ0n) is 11.4. The fourth-order valence-electron chi connectivity index (χ4n) is 1.53. The molecule has 1 aromatic carbocycles. The summed E-state index contributed by atoms with van der Waals surface area (Å²) in [7, 11) is 0. The molecule has 3 N–H and O–H groups in total. The number of hydrogen-bond acceptors (Lipinski definition) is 6. The molecule has 0 aliphatic carbocycles. The van der Waals surface area contributed by atoms with E-state index in [1.165, 1.54) is 18.0 Å². The number of rotatable bonds is 5. The number of carbonyl (C=O) groups excluding carboxylic acids is 1. The van der Waals surface area contributed by atoms with Crippen molar-refractivity contribution in [1.29, 1.82) is 5.26 Å². The summed E-state index contributed by atoms with van der Waals surface area (Å²) < 4.78 is 0.955. The Kier molecular flexibility index (Phi) is 5.75. The lowest BCUT2D eigenvalue weighted by Gasteiger charge is -2.05. The van der Waals surface area contributed by atoms with E-state index in [-0.39, 0.29) is 17.3 Å². The highest BCUT2D eigenvalue weighted by Gasteiger charge is 2.06. The van der Waals surface area contributed by atoms with E-state index in [9.17, 15) is 4.79 Å². The van der Waals surface area contributed by atoms with Crippen LogP contribution in [0.4, 0.5) is 11.5 Å². The summed E-state index contributed by atoms with van der Waals surface area (Å²) in [5.74, 6) is 0.587. The van der Waals surface area contributed by atoms with Gasteiger partial charge in [0.2, 0.25) is 5.91 Å². The van der Waals surface area contributed by atoms with Gasteiger partial charge in [0.05, 0.1) is 6.20 Å². The quantitative estimate of drug-likeness (QED) is 0.612. The van der Waals surface area contributed by atoms with E-state index in [1.54, 1.807) is 0 Å². The molecule has 0 aliphatic heterocycles. The molecule has 1 aromatic heterocycles. The first kappa shape index (κ1) is 16.3. The minimum atomic E-state index is -0.0866. The van der Waals surface area contributed by atoms with E-state index >= 15 is 0 Å². The monoisotopic (exact) mass is 377 g/mol. The Morgan fingerprint density at radius 2 is 2.14 bits per heavy atom. The zero-order chi connectivity index (χ0) is 15.9. The number of amides is 1. The molecular formula is C14H12BrN5OS. The van der Waals surface area contributed by atoms with Gasteiger partial charge in [0.1, 0.15) is 17.5 Å². The topological polar surface area (TPSA) is 105 Å². The molecule has 0 spiro atoms. The number of benzene rings is 1. The van der Waals surface area contributed by atoms with Gasteiger partial charge < -0.3 is 11.1 Å². The van der Waals surface area contributed by atoms with Gasteiger partial charge in [-0.2, -0.15) is 5.26 Å². The Bertz CT molecular complexity index is 714.